The van der Waals surface area contributed by atoms with Gasteiger partial charge < -0.3 is 4.57 Å². The van der Waals surface area contributed by atoms with Gasteiger partial charge in [0.15, 0.2) is 17.5 Å². The third-order valence-electron chi connectivity index (χ3n) is 12.0. The van der Waals surface area contributed by atoms with E-state index in [2.05, 4.69) is 129 Å². The molecule has 0 fully saturated rings. The number of para-hydroxylation sites is 1. The zero-order valence-electron chi connectivity index (χ0n) is 30.3. The van der Waals surface area contributed by atoms with Gasteiger partial charge in [0.05, 0.1) is 11.0 Å². The highest BCUT2D eigenvalue weighted by atomic mass is 15.0. The largest absolute Gasteiger partial charge is 0.309 e. The Balaban J connectivity index is 1.21. The molecule has 0 aliphatic heterocycles. The van der Waals surface area contributed by atoms with Gasteiger partial charge in [-0.2, -0.15) is 0 Å². The molecule has 0 unspecified atom stereocenters. The summed E-state index contributed by atoms with van der Waals surface area (Å²) in [4.78, 5) is 14.9. The van der Waals surface area contributed by atoms with Gasteiger partial charge in [0.1, 0.15) is 0 Å². The second-order valence-corrected chi connectivity index (χ2v) is 15.3. The van der Waals surface area contributed by atoms with Crippen molar-refractivity contribution in [2.24, 2.45) is 0 Å². The van der Waals surface area contributed by atoms with Gasteiger partial charge in [0, 0.05) is 44.1 Å². The molecule has 0 radical (unpaired) electrons. The molecular weight excluding hydrogens is 645 g/mol. The molecule has 0 bridgehead atoms. The highest BCUT2D eigenvalue weighted by Gasteiger charge is 2.47. The Labute approximate surface area is 309 Å². The van der Waals surface area contributed by atoms with E-state index in [9.17, 15) is 0 Å². The van der Waals surface area contributed by atoms with Crippen molar-refractivity contribution in [1.82, 2.24) is 19.5 Å². The van der Waals surface area contributed by atoms with Crippen LogP contribution in [-0.2, 0) is 10.8 Å². The molecule has 10 rings (SSSR count). The summed E-state index contributed by atoms with van der Waals surface area (Å²) in [7, 11) is 0. The Morgan fingerprint density at radius 2 is 0.981 bits per heavy atom. The quantitative estimate of drug-likeness (QED) is 0.186. The number of fused-ring (bicyclic) bond motifs is 9. The minimum Gasteiger partial charge on any atom is -0.309 e. The minimum absolute atomic E-state index is 0.107. The highest BCUT2D eigenvalue weighted by molar-refractivity contribution is 6.16. The summed E-state index contributed by atoms with van der Waals surface area (Å²) in [5.74, 6) is 1.96. The van der Waals surface area contributed by atoms with Crippen LogP contribution in [0.3, 0.4) is 0 Å². The van der Waals surface area contributed by atoms with E-state index in [1.165, 1.54) is 54.8 Å². The Morgan fingerprint density at radius 3 is 1.62 bits per heavy atom. The van der Waals surface area contributed by atoms with Gasteiger partial charge >= 0.3 is 0 Å². The normalized spacial score (nSPS) is 14.3. The monoisotopic (exact) mass is 682 g/mol. The molecule has 2 heterocycles. The third-order valence-corrected chi connectivity index (χ3v) is 12.0. The number of hydrogen-bond acceptors (Lipinski definition) is 3. The Hall–Kier alpha value is -6.39. The van der Waals surface area contributed by atoms with E-state index in [-0.39, 0.29) is 10.8 Å². The summed E-state index contributed by atoms with van der Waals surface area (Å²) >= 11 is 0. The predicted octanol–water partition coefficient (Wildman–Crippen LogP) is 12.4. The maximum Gasteiger partial charge on any atom is 0.164 e. The van der Waals surface area contributed by atoms with Crippen LogP contribution in [0.15, 0.2) is 158 Å². The van der Waals surface area contributed by atoms with E-state index in [0.29, 0.717) is 17.5 Å². The molecular formula is C49H38N4. The summed E-state index contributed by atoms with van der Waals surface area (Å²) in [5, 5.41) is 5.12. The zero-order chi connectivity index (χ0) is 35.9. The first-order valence-corrected chi connectivity index (χ1v) is 18.4. The molecule has 4 heteroatoms. The fourth-order valence-electron chi connectivity index (χ4n) is 8.62. The summed E-state index contributed by atoms with van der Waals surface area (Å²) in [6.45, 7) is 9.69. The maximum absolute atomic E-state index is 5.00. The fraction of sp³-hybridized carbons (Fsp3) is 0.122. The summed E-state index contributed by atoms with van der Waals surface area (Å²) in [6.07, 6.45) is 0. The summed E-state index contributed by atoms with van der Waals surface area (Å²) < 4.78 is 2.47. The van der Waals surface area contributed by atoms with Crippen molar-refractivity contribution >= 4 is 32.6 Å². The summed E-state index contributed by atoms with van der Waals surface area (Å²) in [6, 6.07) is 56.1. The van der Waals surface area contributed by atoms with Gasteiger partial charge in [-0.3, -0.25) is 0 Å². The molecule has 4 nitrogen and oxygen atoms in total. The van der Waals surface area contributed by atoms with Gasteiger partial charge in [-0.25, -0.2) is 15.0 Å². The number of aromatic nitrogens is 4. The predicted molar refractivity (Wildman–Crippen MR) is 219 cm³/mol. The number of nitrogens with zero attached hydrogens (tertiary/aromatic N) is 4. The first kappa shape index (κ1) is 31.4. The van der Waals surface area contributed by atoms with Crippen LogP contribution in [0.25, 0.3) is 83.6 Å². The molecule has 254 valence electrons. The summed E-state index contributed by atoms with van der Waals surface area (Å²) in [5.41, 5.74) is 11.6. The molecule has 1 aliphatic rings. The van der Waals surface area contributed by atoms with Gasteiger partial charge in [-0.1, -0.05) is 155 Å². The van der Waals surface area contributed by atoms with Crippen molar-refractivity contribution in [3.05, 3.63) is 169 Å². The minimum atomic E-state index is -0.135. The Kier molecular flexibility index (Phi) is 6.84. The smallest absolute Gasteiger partial charge is 0.164 e. The van der Waals surface area contributed by atoms with Crippen LogP contribution in [0, 0.1) is 0 Å². The lowest BCUT2D eigenvalue weighted by Gasteiger charge is -2.49. The van der Waals surface area contributed by atoms with Crippen LogP contribution >= 0.6 is 0 Å². The second-order valence-electron chi connectivity index (χ2n) is 15.3. The van der Waals surface area contributed by atoms with Gasteiger partial charge in [-0.05, 0) is 63.2 Å². The van der Waals surface area contributed by atoms with Gasteiger partial charge in [0.2, 0.25) is 0 Å². The molecule has 0 spiro atoms. The molecule has 0 N–H and O–H groups in total. The molecule has 2 aromatic heterocycles. The van der Waals surface area contributed by atoms with E-state index in [1.54, 1.807) is 0 Å². The van der Waals surface area contributed by atoms with Crippen molar-refractivity contribution in [1.29, 1.82) is 0 Å². The standard InChI is InChI=1S/C49H38N4/c1-48(2)40-30-29-38-37-21-13-14-22-41(37)53(44(38)42(40)39-28-25-31-15-11-12-20-36(31)43(39)49(48,3)4)35-26-23-34(24-27-35)47-51-45(32-16-7-5-8-17-32)50-46(52-47)33-18-9-6-10-19-33/h5-30H,1-4H3. The number of rotatable bonds is 4. The lowest BCUT2D eigenvalue weighted by Crippen LogP contribution is -2.43. The van der Waals surface area contributed by atoms with E-state index in [0.717, 1.165) is 22.4 Å². The number of benzene rings is 7. The van der Waals surface area contributed by atoms with Gasteiger partial charge in [-0.15, -0.1) is 0 Å². The molecule has 0 saturated heterocycles. The van der Waals surface area contributed by atoms with Crippen LogP contribution in [0.5, 0.6) is 0 Å². The third kappa shape index (κ3) is 4.65. The average Bonchev–Trinajstić information content (AvgIpc) is 3.54. The van der Waals surface area contributed by atoms with Crippen molar-refractivity contribution < 1.29 is 0 Å². The van der Waals surface area contributed by atoms with E-state index >= 15 is 0 Å². The van der Waals surface area contributed by atoms with Crippen LogP contribution in [0.4, 0.5) is 0 Å². The zero-order valence-corrected chi connectivity index (χ0v) is 30.3. The molecule has 0 atom stereocenters. The first-order valence-electron chi connectivity index (χ1n) is 18.4. The lowest BCUT2D eigenvalue weighted by atomic mass is 9.54. The van der Waals surface area contributed by atoms with E-state index < -0.39 is 0 Å². The SMILES string of the molecule is CC1(C)c2ccc3c4ccccc4n(-c4ccc(-c5nc(-c6ccccc6)nc(-c6ccccc6)n5)cc4)c3c2-c2ccc3ccccc3c2C1(C)C. The molecule has 7 aromatic carbocycles. The van der Waals surface area contributed by atoms with Crippen LogP contribution in [0.2, 0.25) is 0 Å². The molecule has 0 amide bonds. The van der Waals surface area contributed by atoms with Gasteiger partial charge in [0.25, 0.3) is 0 Å². The molecule has 9 aromatic rings. The van der Waals surface area contributed by atoms with Crippen molar-refractivity contribution in [3.63, 3.8) is 0 Å². The Morgan fingerprint density at radius 1 is 0.434 bits per heavy atom. The number of hydrogen-bond donors (Lipinski definition) is 0. The van der Waals surface area contributed by atoms with Crippen LogP contribution < -0.4 is 0 Å². The lowest BCUT2D eigenvalue weighted by molar-refractivity contribution is 0.301. The van der Waals surface area contributed by atoms with Crippen LogP contribution in [0.1, 0.15) is 38.8 Å². The maximum atomic E-state index is 5.00. The van der Waals surface area contributed by atoms with Crippen molar-refractivity contribution in [2.45, 2.75) is 38.5 Å². The molecule has 53 heavy (non-hydrogen) atoms. The van der Waals surface area contributed by atoms with Crippen molar-refractivity contribution in [3.8, 4) is 51.0 Å². The Bertz CT molecular complexity index is 2810. The topological polar surface area (TPSA) is 43.6 Å². The van der Waals surface area contributed by atoms with Crippen molar-refractivity contribution in [2.75, 3.05) is 0 Å². The average molecular weight is 683 g/mol. The molecule has 0 saturated carbocycles. The highest BCUT2D eigenvalue weighted by Crippen LogP contribution is 2.58. The van der Waals surface area contributed by atoms with E-state index in [1.807, 2.05) is 60.7 Å². The molecule has 1 aliphatic carbocycles. The van der Waals surface area contributed by atoms with E-state index in [4.69, 9.17) is 15.0 Å². The van der Waals surface area contributed by atoms with Crippen LogP contribution in [-0.4, -0.2) is 19.5 Å². The second kappa shape index (κ2) is 11.6. The first-order chi connectivity index (χ1) is 25.8. The fourth-order valence-corrected chi connectivity index (χ4v) is 8.62.